The number of carbonyl (C=O) groups excluding carboxylic acids is 2. The molecule has 31 heavy (non-hydrogen) atoms. The summed E-state index contributed by atoms with van der Waals surface area (Å²) in [5.41, 5.74) is 0.437. The predicted octanol–water partition coefficient (Wildman–Crippen LogP) is 2.38. The van der Waals surface area contributed by atoms with Gasteiger partial charge in [-0.15, -0.1) is 0 Å². The summed E-state index contributed by atoms with van der Waals surface area (Å²) in [6.07, 6.45) is 1.17. The van der Waals surface area contributed by atoms with Crippen molar-refractivity contribution in [1.29, 1.82) is 0 Å². The topological polar surface area (TPSA) is 104 Å². The van der Waals surface area contributed by atoms with E-state index in [2.05, 4.69) is 9.97 Å². The molecular formula is C20H19F3N4O4. The lowest BCUT2D eigenvalue weighted by molar-refractivity contribution is -0.192. The van der Waals surface area contributed by atoms with Crippen LogP contribution in [0.1, 0.15) is 23.2 Å². The van der Waals surface area contributed by atoms with Crippen molar-refractivity contribution in [3.05, 3.63) is 54.5 Å². The number of aromatic nitrogens is 2. The summed E-state index contributed by atoms with van der Waals surface area (Å²) in [7, 11) is 0. The van der Waals surface area contributed by atoms with Gasteiger partial charge in [0.1, 0.15) is 5.82 Å². The highest BCUT2D eigenvalue weighted by Gasteiger charge is 2.49. The number of carbonyl (C=O) groups is 3. The number of likely N-dealkylation sites (tertiary alicyclic amines) is 1. The van der Waals surface area contributed by atoms with Gasteiger partial charge in [-0.2, -0.15) is 13.2 Å². The average molecular weight is 436 g/mol. The third kappa shape index (κ3) is 5.16. The molecule has 0 radical (unpaired) electrons. The lowest BCUT2D eigenvalue weighted by atomic mass is 9.86. The zero-order chi connectivity index (χ0) is 22.6. The molecule has 2 aromatic heterocycles. The second-order valence-corrected chi connectivity index (χ2v) is 7.37. The molecule has 0 bridgehead atoms. The van der Waals surface area contributed by atoms with Crippen LogP contribution in [0.5, 0.6) is 0 Å². The maximum atomic E-state index is 12.6. The van der Waals surface area contributed by atoms with E-state index in [1.807, 2.05) is 23.1 Å². The molecule has 8 nitrogen and oxygen atoms in total. The Morgan fingerprint density at radius 3 is 2.42 bits per heavy atom. The number of amides is 2. The fraction of sp³-hybridized carbons (Fsp3) is 0.350. The van der Waals surface area contributed by atoms with Gasteiger partial charge in [-0.3, -0.25) is 19.5 Å². The smallest absolute Gasteiger partial charge is 0.475 e. The maximum Gasteiger partial charge on any atom is 0.490 e. The Morgan fingerprint density at radius 1 is 1.10 bits per heavy atom. The first-order valence-electron chi connectivity index (χ1n) is 9.32. The Hall–Kier alpha value is -3.50. The van der Waals surface area contributed by atoms with Crippen molar-refractivity contribution in [3.63, 3.8) is 0 Å². The largest absolute Gasteiger partial charge is 0.490 e. The van der Waals surface area contributed by atoms with Crippen LogP contribution in [0.3, 0.4) is 0 Å². The minimum Gasteiger partial charge on any atom is -0.475 e. The summed E-state index contributed by atoms with van der Waals surface area (Å²) < 4.78 is 31.7. The number of anilines is 1. The monoisotopic (exact) mass is 436 g/mol. The van der Waals surface area contributed by atoms with E-state index in [0.717, 1.165) is 6.42 Å². The number of alkyl halides is 3. The Kier molecular flexibility index (Phi) is 6.23. The lowest BCUT2D eigenvalue weighted by Gasteiger charge is -2.23. The van der Waals surface area contributed by atoms with E-state index in [1.54, 1.807) is 35.6 Å². The molecule has 0 saturated carbocycles. The molecule has 2 amide bonds. The molecule has 4 heterocycles. The van der Waals surface area contributed by atoms with Crippen molar-refractivity contribution in [1.82, 2.24) is 14.9 Å². The minimum absolute atomic E-state index is 0.0105. The van der Waals surface area contributed by atoms with Crippen molar-refractivity contribution in [3.8, 4) is 0 Å². The van der Waals surface area contributed by atoms with E-state index in [9.17, 15) is 22.8 Å². The molecule has 1 N–H and O–H groups in total. The quantitative estimate of drug-likeness (QED) is 0.775. The molecule has 4 rings (SSSR count). The van der Waals surface area contributed by atoms with E-state index in [0.29, 0.717) is 37.4 Å². The fourth-order valence-corrected chi connectivity index (χ4v) is 3.67. The summed E-state index contributed by atoms with van der Waals surface area (Å²) in [5.74, 6) is -1.99. The third-order valence-electron chi connectivity index (χ3n) is 5.12. The number of carboxylic acid groups (broad SMARTS) is 1. The first-order chi connectivity index (χ1) is 14.6. The van der Waals surface area contributed by atoms with Crippen LogP contribution >= 0.6 is 0 Å². The highest BCUT2D eigenvalue weighted by atomic mass is 19.4. The van der Waals surface area contributed by atoms with Crippen LogP contribution in [0.2, 0.25) is 0 Å². The summed E-state index contributed by atoms with van der Waals surface area (Å²) in [5, 5.41) is 7.12. The predicted molar refractivity (Wildman–Crippen MR) is 102 cm³/mol. The van der Waals surface area contributed by atoms with Crippen LogP contribution in [-0.4, -0.2) is 63.6 Å². The van der Waals surface area contributed by atoms with E-state index < -0.39 is 12.1 Å². The second kappa shape index (κ2) is 8.70. The Morgan fingerprint density at radius 2 is 1.84 bits per heavy atom. The number of nitrogens with zero attached hydrogens (tertiary/aromatic N) is 4. The zero-order valence-corrected chi connectivity index (χ0v) is 16.2. The van der Waals surface area contributed by atoms with E-state index >= 15 is 0 Å². The zero-order valence-electron chi connectivity index (χ0n) is 16.2. The van der Waals surface area contributed by atoms with Crippen LogP contribution in [0.25, 0.3) is 0 Å². The molecule has 164 valence electrons. The van der Waals surface area contributed by atoms with Crippen molar-refractivity contribution in [2.45, 2.75) is 19.0 Å². The third-order valence-corrected chi connectivity index (χ3v) is 5.12. The van der Waals surface area contributed by atoms with Gasteiger partial charge in [-0.05, 0) is 30.7 Å². The number of aliphatic carboxylic acids is 1. The fourth-order valence-electron chi connectivity index (χ4n) is 3.67. The Labute approximate surface area is 175 Å². The first-order valence-corrected chi connectivity index (χ1v) is 9.32. The van der Waals surface area contributed by atoms with Crippen molar-refractivity contribution < 1.29 is 32.7 Å². The normalized spacial score (nSPS) is 20.5. The number of rotatable bonds is 2. The lowest BCUT2D eigenvalue weighted by Crippen LogP contribution is -2.34. The van der Waals surface area contributed by atoms with Gasteiger partial charge in [0, 0.05) is 50.1 Å². The molecular weight excluding hydrogens is 417 g/mol. The van der Waals surface area contributed by atoms with E-state index in [4.69, 9.17) is 9.90 Å². The number of halogens is 3. The number of hydrogen-bond donors (Lipinski definition) is 1. The van der Waals surface area contributed by atoms with Gasteiger partial charge in [-0.1, -0.05) is 6.07 Å². The SMILES string of the molecule is O=C(O)C(F)(F)F.O=C(c1cccnc1)N1CCC2(CC(=O)N(c3ccccn3)C2)C1. The highest BCUT2D eigenvalue weighted by molar-refractivity contribution is 5.97. The van der Waals surface area contributed by atoms with Crippen LogP contribution in [0, 0.1) is 5.41 Å². The van der Waals surface area contributed by atoms with Gasteiger partial charge in [0.05, 0.1) is 5.56 Å². The molecule has 2 aromatic rings. The molecule has 2 saturated heterocycles. The maximum absolute atomic E-state index is 12.6. The number of hydrogen-bond acceptors (Lipinski definition) is 5. The molecule has 2 fully saturated rings. The minimum atomic E-state index is -5.08. The van der Waals surface area contributed by atoms with E-state index in [-0.39, 0.29) is 17.2 Å². The molecule has 1 unspecified atom stereocenters. The van der Waals surface area contributed by atoms with Gasteiger partial charge in [0.25, 0.3) is 5.91 Å². The molecule has 1 spiro atoms. The second-order valence-electron chi connectivity index (χ2n) is 7.37. The Balaban J connectivity index is 0.000000339. The molecule has 0 aromatic carbocycles. The van der Waals surface area contributed by atoms with Crippen LogP contribution in [0.15, 0.2) is 48.9 Å². The van der Waals surface area contributed by atoms with Crippen molar-refractivity contribution in [2.24, 2.45) is 5.41 Å². The molecule has 2 aliphatic rings. The molecule has 0 aliphatic carbocycles. The highest BCUT2D eigenvalue weighted by Crippen LogP contribution is 2.41. The van der Waals surface area contributed by atoms with Gasteiger partial charge in [0.15, 0.2) is 0 Å². The Bertz CT molecular complexity index is 956. The van der Waals surface area contributed by atoms with Crippen molar-refractivity contribution >= 4 is 23.6 Å². The first kappa shape index (κ1) is 22.2. The number of carboxylic acids is 1. The summed E-state index contributed by atoms with van der Waals surface area (Å²) in [4.78, 5) is 45.8. The summed E-state index contributed by atoms with van der Waals surface area (Å²) >= 11 is 0. The van der Waals surface area contributed by atoms with Crippen LogP contribution in [-0.2, 0) is 9.59 Å². The van der Waals surface area contributed by atoms with Crippen molar-refractivity contribution in [2.75, 3.05) is 24.5 Å². The van der Waals surface area contributed by atoms with Gasteiger partial charge in [-0.25, -0.2) is 9.78 Å². The van der Waals surface area contributed by atoms with Gasteiger partial charge < -0.3 is 10.0 Å². The summed E-state index contributed by atoms with van der Waals surface area (Å²) in [6.45, 7) is 1.91. The van der Waals surface area contributed by atoms with Gasteiger partial charge >= 0.3 is 12.1 Å². The molecule has 1 atom stereocenters. The summed E-state index contributed by atoms with van der Waals surface area (Å²) in [6, 6.07) is 9.11. The van der Waals surface area contributed by atoms with Crippen LogP contribution in [0.4, 0.5) is 19.0 Å². The van der Waals surface area contributed by atoms with Gasteiger partial charge in [0.2, 0.25) is 5.91 Å². The van der Waals surface area contributed by atoms with E-state index in [1.165, 1.54) is 0 Å². The standard InChI is InChI=1S/C18H18N4O2.C2HF3O2/c23-16-10-18(13-22(16)15-5-1-2-8-20-15)6-9-21(12-18)17(24)14-4-3-7-19-11-14;3-2(4,5)1(6)7/h1-5,7-8,11H,6,9-10,12-13H2;(H,6,7). The molecule has 11 heteroatoms. The number of pyridine rings is 2. The molecule has 2 aliphatic heterocycles. The van der Waals surface area contributed by atoms with Crippen LogP contribution < -0.4 is 4.90 Å². The average Bonchev–Trinajstić information content (AvgIpc) is 3.31.